The Bertz CT molecular complexity index is 1230. The maximum Gasteiger partial charge on any atom is 0.131 e. The molecule has 4 nitrogen and oxygen atoms in total. The highest BCUT2D eigenvalue weighted by Gasteiger charge is 2.16. The lowest BCUT2D eigenvalue weighted by atomic mass is 10.2. The number of ether oxygens (including phenoxy) is 1. The Morgan fingerprint density at radius 3 is 2.28 bits per heavy atom. The van der Waals surface area contributed by atoms with Crippen molar-refractivity contribution < 1.29 is 4.74 Å². The molecular formula is C23H15N3OS2. The van der Waals surface area contributed by atoms with Crippen LogP contribution in [0.25, 0.3) is 32.9 Å². The fourth-order valence-electron chi connectivity index (χ4n) is 3.06. The zero-order valence-corrected chi connectivity index (χ0v) is 17.1. The van der Waals surface area contributed by atoms with Gasteiger partial charge in [-0.1, -0.05) is 6.07 Å². The highest BCUT2D eigenvalue weighted by molar-refractivity contribution is 7.16. The molecule has 0 fully saturated rings. The number of hydrogen-bond donors (Lipinski definition) is 0. The minimum Gasteiger partial charge on any atom is -0.497 e. The molecular weight excluding hydrogens is 398 g/mol. The van der Waals surface area contributed by atoms with Crippen molar-refractivity contribution in [2.24, 2.45) is 0 Å². The summed E-state index contributed by atoms with van der Waals surface area (Å²) in [6, 6.07) is 24.1. The van der Waals surface area contributed by atoms with E-state index in [2.05, 4.69) is 28.1 Å². The summed E-state index contributed by atoms with van der Waals surface area (Å²) in [5.41, 5.74) is 3.30. The van der Waals surface area contributed by atoms with E-state index in [1.807, 2.05) is 54.6 Å². The maximum absolute atomic E-state index is 9.01. The van der Waals surface area contributed by atoms with Gasteiger partial charge in [-0.05, 0) is 66.1 Å². The molecule has 6 heteroatoms. The van der Waals surface area contributed by atoms with E-state index < -0.39 is 0 Å². The summed E-state index contributed by atoms with van der Waals surface area (Å²) in [5.74, 6) is 0.809. The van der Waals surface area contributed by atoms with Gasteiger partial charge in [-0.2, -0.15) is 10.5 Å². The topological polar surface area (TPSA) is 61.7 Å². The van der Waals surface area contributed by atoms with E-state index in [1.165, 1.54) is 4.88 Å². The molecule has 0 aliphatic rings. The molecule has 0 N–H and O–H groups in total. The second-order valence-electron chi connectivity index (χ2n) is 6.10. The Kier molecular flexibility index (Phi) is 5.31. The summed E-state index contributed by atoms with van der Waals surface area (Å²) in [7, 11) is 1.66. The predicted octanol–water partition coefficient (Wildman–Crippen LogP) is 6.37. The molecule has 0 aliphatic heterocycles. The summed E-state index contributed by atoms with van der Waals surface area (Å²) >= 11 is 3.25. The molecule has 0 unspecified atom stereocenters. The SMILES string of the molecule is COc1ccc(-n2c(-c3cccs3)ccc2-c2ccc(C=C(C#N)C#N)s2)cc1. The molecule has 0 spiro atoms. The van der Waals surface area contributed by atoms with E-state index in [-0.39, 0.29) is 5.57 Å². The lowest BCUT2D eigenvalue weighted by Crippen LogP contribution is -1.98. The Morgan fingerprint density at radius 2 is 1.66 bits per heavy atom. The number of rotatable bonds is 5. The number of thiophene rings is 2. The molecule has 0 atom stereocenters. The van der Waals surface area contributed by atoms with Crippen LogP contribution in [0.4, 0.5) is 0 Å². The summed E-state index contributed by atoms with van der Waals surface area (Å²) in [4.78, 5) is 3.11. The lowest BCUT2D eigenvalue weighted by Gasteiger charge is -2.13. The number of methoxy groups -OCH3 is 1. The number of allylic oxidation sites excluding steroid dienone is 1. The van der Waals surface area contributed by atoms with Crippen LogP contribution in [-0.2, 0) is 0 Å². The molecule has 0 saturated carbocycles. The summed E-state index contributed by atoms with van der Waals surface area (Å²) in [6.07, 6.45) is 1.62. The zero-order chi connectivity index (χ0) is 20.2. The van der Waals surface area contributed by atoms with Gasteiger partial charge in [0.25, 0.3) is 0 Å². The van der Waals surface area contributed by atoms with Crippen LogP contribution < -0.4 is 4.74 Å². The van der Waals surface area contributed by atoms with E-state index in [0.29, 0.717) is 0 Å². The van der Waals surface area contributed by atoms with Crippen molar-refractivity contribution in [3.05, 3.63) is 76.5 Å². The zero-order valence-electron chi connectivity index (χ0n) is 15.5. The van der Waals surface area contributed by atoms with Gasteiger partial charge in [0, 0.05) is 10.6 Å². The molecule has 0 saturated heterocycles. The standard InChI is InChI=1S/C23H15N3OS2/c1-27-18-6-4-17(5-7-18)26-20(22-3-2-12-28-22)9-10-21(26)23-11-8-19(29-23)13-16(14-24)15-25/h2-13H,1H3. The van der Waals surface area contributed by atoms with Crippen LogP contribution in [-0.4, -0.2) is 11.7 Å². The summed E-state index contributed by atoms with van der Waals surface area (Å²) in [5, 5.41) is 20.1. The van der Waals surface area contributed by atoms with Crippen molar-refractivity contribution in [3.63, 3.8) is 0 Å². The van der Waals surface area contributed by atoms with Gasteiger partial charge in [0.2, 0.25) is 0 Å². The number of nitriles is 2. The highest BCUT2D eigenvalue weighted by Crippen LogP contribution is 2.37. The smallest absolute Gasteiger partial charge is 0.131 e. The minimum atomic E-state index is 0.100. The van der Waals surface area contributed by atoms with Gasteiger partial charge in [0.15, 0.2) is 0 Å². The second kappa shape index (κ2) is 8.20. The van der Waals surface area contributed by atoms with Crippen LogP contribution in [0.15, 0.2) is 71.6 Å². The molecule has 0 aliphatic carbocycles. The molecule has 0 bridgehead atoms. The van der Waals surface area contributed by atoms with Crippen LogP contribution in [0, 0.1) is 22.7 Å². The monoisotopic (exact) mass is 413 g/mol. The molecule has 29 heavy (non-hydrogen) atoms. The van der Waals surface area contributed by atoms with Gasteiger partial charge in [-0.15, -0.1) is 22.7 Å². The van der Waals surface area contributed by atoms with Crippen LogP contribution in [0.3, 0.4) is 0 Å². The average Bonchev–Trinajstić information content (AvgIpc) is 3.52. The molecule has 4 aromatic rings. The van der Waals surface area contributed by atoms with Crippen molar-refractivity contribution in [2.45, 2.75) is 0 Å². The maximum atomic E-state index is 9.01. The molecule has 3 aromatic heterocycles. The van der Waals surface area contributed by atoms with Crippen molar-refractivity contribution in [2.75, 3.05) is 7.11 Å². The fourth-order valence-corrected chi connectivity index (χ4v) is 4.76. The number of nitrogens with zero attached hydrogens (tertiary/aromatic N) is 3. The third-order valence-electron chi connectivity index (χ3n) is 4.39. The number of aromatic nitrogens is 1. The number of hydrogen-bond acceptors (Lipinski definition) is 5. The van der Waals surface area contributed by atoms with Crippen molar-refractivity contribution >= 4 is 28.7 Å². The van der Waals surface area contributed by atoms with Gasteiger partial charge in [-0.3, -0.25) is 0 Å². The molecule has 1 aromatic carbocycles. The third-order valence-corrected chi connectivity index (χ3v) is 6.34. The Labute approximate surface area is 176 Å². The molecule has 4 rings (SSSR count). The van der Waals surface area contributed by atoms with Gasteiger partial charge in [0.1, 0.15) is 23.5 Å². The van der Waals surface area contributed by atoms with E-state index in [9.17, 15) is 0 Å². The van der Waals surface area contributed by atoms with Crippen LogP contribution in [0.5, 0.6) is 5.75 Å². The third kappa shape index (κ3) is 3.72. The quantitative estimate of drug-likeness (QED) is 0.357. The van der Waals surface area contributed by atoms with Crippen molar-refractivity contribution in [1.82, 2.24) is 4.57 Å². The molecule has 140 valence electrons. The van der Waals surface area contributed by atoms with E-state index in [0.717, 1.165) is 32.6 Å². The number of benzene rings is 1. The average molecular weight is 414 g/mol. The first-order chi connectivity index (χ1) is 14.2. The van der Waals surface area contributed by atoms with Crippen LogP contribution in [0.1, 0.15) is 4.88 Å². The van der Waals surface area contributed by atoms with E-state index in [1.54, 1.807) is 35.9 Å². The normalized spacial score (nSPS) is 10.2. The first-order valence-corrected chi connectivity index (χ1v) is 10.5. The highest BCUT2D eigenvalue weighted by atomic mass is 32.1. The van der Waals surface area contributed by atoms with E-state index in [4.69, 9.17) is 15.3 Å². The molecule has 0 radical (unpaired) electrons. The Morgan fingerprint density at radius 1 is 0.931 bits per heavy atom. The summed E-state index contributed by atoms with van der Waals surface area (Å²) < 4.78 is 7.52. The second-order valence-corrected chi connectivity index (χ2v) is 8.16. The first-order valence-electron chi connectivity index (χ1n) is 8.75. The predicted molar refractivity (Wildman–Crippen MR) is 118 cm³/mol. The Balaban J connectivity index is 1.85. The van der Waals surface area contributed by atoms with Crippen molar-refractivity contribution in [3.8, 4) is 44.7 Å². The van der Waals surface area contributed by atoms with Gasteiger partial charge in [0.05, 0.1) is 28.3 Å². The van der Waals surface area contributed by atoms with Crippen LogP contribution >= 0.6 is 22.7 Å². The Hall–Kier alpha value is -3.58. The molecule has 3 heterocycles. The lowest BCUT2D eigenvalue weighted by molar-refractivity contribution is 0.415. The first kappa shape index (κ1) is 18.8. The molecule has 0 amide bonds. The largest absolute Gasteiger partial charge is 0.497 e. The fraction of sp³-hybridized carbons (Fsp3) is 0.0435. The van der Waals surface area contributed by atoms with Gasteiger partial charge in [-0.25, -0.2) is 0 Å². The van der Waals surface area contributed by atoms with Gasteiger partial charge >= 0.3 is 0 Å². The summed E-state index contributed by atoms with van der Waals surface area (Å²) in [6.45, 7) is 0. The van der Waals surface area contributed by atoms with Gasteiger partial charge < -0.3 is 9.30 Å². The van der Waals surface area contributed by atoms with E-state index >= 15 is 0 Å². The van der Waals surface area contributed by atoms with Crippen LogP contribution in [0.2, 0.25) is 0 Å². The minimum absolute atomic E-state index is 0.100. The van der Waals surface area contributed by atoms with Crippen molar-refractivity contribution in [1.29, 1.82) is 10.5 Å².